The van der Waals surface area contributed by atoms with Crippen LogP contribution in [0.15, 0.2) is 12.7 Å². The number of hydrogen-bond acceptors (Lipinski definition) is 4. The van der Waals surface area contributed by atoms with Crippen molar-refractivity contribution in [3.05, 3.63) is 12.7 Å². The summed E-state index contributed by atoms with van der Waals surface area (Å²) < 4.78 is 0. The standard InChI is InChI=1S/C11H15N5/c1-11(3-2-4-11)5-12-9-8-10(14-6-13-8)16-7-15-9/h6-7H,2-5H2,1H3,(H2,12,13,14,15,16). The second-order valence-electron chi connectivity index (χ2n) is 4.84. The lowest BCUT2D eigenvalue weighted by atomic mass is 9.70. The lowest BCUT2D eigenvalue weighted by Crippen LogP contribution is -2.33. The molecule has 0 aliphatic heterocycles. The van der Waals surface area contributed by atoms with Crippen molar-refractivity contribution >= 4 is 17.0 Å². The maximum Gasteiger partial charge on any atom is 0.182 e. The van der Waals surface area contributed by atoms with Gasteiger partial charge in [0.1, 0.15) is 11.8 Å². The SMILES string of the molecule is CC1(CNc2ncnc3nc[nH]c23)CCC1. The number of nitrogens with zero attached hydrogens (tertiary/aromatic N) is 3. The van der Waals surface area contributed by atoms with Gasteiger partial charge in [-0.2, -0.15) is 0 Å². The molecule has 0 spiro atoms. The van der Waals surface area contributed by atoms with Crippen LogP contribution < -0.4 is 5.32 Å². The van der Waals surface area contributed by atoms with Crippen molar-refractivity contribution < 1.29 is 0 Å². The number of hydrogen-bond donors (Lipinski definition) is 2. The lowest BCUT2D eigenvalue weighted by molar-refractivity contribution is 0.180. The zero-order chi connectivity index (χ0) is 11.0. The van der Waals surface area contributed by atoms with Crippen molar-refractivity contribution in [2.24, 2.45) is 5.41 Å². The Bertz CT molecular complexity index is 500. The van der Waals surface area contributed by atoms with Gasteiger partial charge < -0.3 is 10.3 Å². The van der Waals surface area contributed by atoms with E-state index in [0.29, 0.717) is 5.41 Å². The zero-order valence-electron chi connectivity index (χ0n) is 9.32. The maximum absolute atomic E-state index is 4.25. The Hall–Kier alpha value is -1.65. The summed E-state index contributed by atoms with van der Waals surface area (Å²) in [5.74, 6) is 0.857. The molecule has 0 amide bonds. The summed E-state index contributed by atoms with van der Waals surface area (Å²) in [7, 11) is 0. The fourth-order valence-electron chi connectivity index (χ4n) is 2.15. The molecule has 0 saturated heterocycles. The molecule has 1 fully saturated rings. The summed E-state index contributed by atoms with van der Waals surface area (Å²) in [5.41, 5.74) is 2.05. The van der Waals surface area contributed by atoms with E-state index in [9.17, 15) is 0 Å². The minimum atomic E-state index is 0.442. The van der Waals surface area contributed by atoms with Crippen molar-refractivity contribution in [2.45, 2.75) is 26.2 Å². The molecule has 1 saturated carbocycles. The molecule has 0 aromatic carbocycles. The summed E-state index contributed by atoms with van der Waals surface area (Å²) in [6.45, 7) is 3.28. The fraction of sp³-hybridized carbons (Fsp3) is 0.545. The summed E-state index contributed by atoms with van der Waals surface area (Å²) >= 11 is 0. The van der Waals surface area contributed by atoms with Crippen molar-refractivity contribution in [3.63, 3.8) is 0 Å². The molecule has 0 atom stereocenters. The topological polar surface area (TPSA) is 66.5 Å². The van der Waals surface area contributed by atoms with Crippen LogP contribution in [0.5, 0.6) is 0 Å². The van der Waals surface area contributed by atoms with Gasteiger partial charge in [0.15, 0.2) is 11.5 Å². The van der Waals surface area contributed by atoms with Crippen LogP contribution in [0.25, 0.3) is 11.2 Å². The van der Waals surface area contributed by atoms with Gasteiger partial charge in [-0.25, -0.2) is 15.0 Å². The molecular weight excluding hydrogens is 202 g/mol. The zero-order valence-corrected chi connectivity index (χ0v) is 9.32. The molecule has 5 nitrogen and oxygen atoms in total. The first-order valence-electron chi connectivity index (χ1n) is 5.65. The molecular formula is C11H15N5. The van der Waals surface area contributed by atoms with E-state index in [0.717, 1.165) is 23.5 Å². The van der Waals surface area contributed by atoms with Crippen LogP contribution in [-0.4, -0.2) is 26.5 Å². The summed E-state index contributed by atoms with van der Waals surface area (Å²) in [6.07, 6.45) is 7.15. The van der Waals surface area contributed by atoms with E-state index in [2.05, 4.69) is 32.2 Å². The van der Waals surface area contributed by atoms with E-state index in [1.165, 1.54) is 19.3 Å². The van der Waals surface area contributed by atoms with Gasteiger partial charge in [-0.15, -0.1) is 0 Å². The van der Waals surface area contributed by atoms with Gasteiger partial charge in [0.2, 0.25) is 0 Å². The quantitative estimate of drug-likeness (QED) is 0.824. The smallest absolute Gasteiger partial charge is 0.182 e. The first kappa shape index (κ1) is 9.57. The van der Waals surface area contributed by atoms with Gasteiger partial charge in [0.25, 0.3) is 0 Å². The Balaban J connectivity index is 1.81. The molecule has 3 rings (SSSR count). The van der Waals surface area contributed by atoms with Gasteiger partial charge in [-0.1, -0.05) is 13.3 Å². The molecule has 0 unspecified atom stereocenters. The Kier molecular flexibility index (Phi) is 2.05. The molecule has 5 heteroatoms. The fourth-order valence-corrected chi connectivity index (χ4v) is 2.15. The summed E-state index contributed by atoms with van der Waals surface area (Å²) in [5, 5.41) is 3.39. The Morgan fingerprint density at radius 3 is 3.00 bits per heavy atom. The van der Waals surface area contributed by atoms with E-state index < -0.39 is 0 Å². The van der Waals surface area contributed by atoms with Crippen LogP contribution in [0.2, 0.25) is 0 Å². The van der Waals surface area contributed by atoms with E-state index in [1.54, 1.807) is 12.7 Å². The number of fused-ring (bicyclic) bond motifs is 1. The summed E-state index contributed by atoms with van der Waals surface area (Å²) in [6, 6.07) is 0. The molecule has 16 heavy (non-hydrogen) atoms. The van der Waals surface area contributed by atoms with Gasteiger partial charge in [-0.3, -0.25) is 0 Å². The second kappa shape index (κ2) is 3.43. The van der Waals surface area contributed by atoms with Crippen molar-refractivity contribution in [1.29, 1.82) is 0 Å². The van der Waals surface area contributed by atoms with Crippen LogP contribution in [0, 0.1) is 5.41 Å². The minimum Gasteiger partial charge on any atom is -0.368 e. The van der Waals surface area contributed by atoms with Crippen molar-refractivity contribution in [2.75, 3.05) is 11.9 Å². The Morgan fingerprint density at radius 2 is 2.25 bits per heavy atom. The third-order valence-corrected chi connectivity index (χ3v) is 3.47. The highest BCUT2D eigenvalue weighted by Gasteiger charge is 2.31. The molecule has 2 aromatic heterocycles. The second-order valence-corrected chi connectivity index (χ2v) is 4.84. The number of imidazole rings is 1. The molecule has 2 N–H and O–H groups in total. The first-order valence-corrected chi connectivity index (χ1v) is 5.65. The third-order valence-electron chi connectivity index (χ3n) is 3.47. The Labute approximate surface area is 93.7 Å². The normalized spacial score (nSPS) is 18.3. The number of nitrogens with one attached hydrogen (secondary N) is 2. The lowest BCUT2D eigenvalue weighted by Gasteiger charge is -2.38. The highest BCUT2D eigenvalue weighted by atomic mass is 15.1. The largest absolute Gasteiger partial charge is 0.368 e. The average Bonchev–Trinajstić information content (AvgIpc) is 2.72. The third kappa shape index (κ3) is 1.52. The van der Waals surface area contributed by atoms with Gasteiger partial charge in [0, 0.05) is 6.54 Å². The number of aromatic nitrogens is 4. The van der Waals surface area contributed by atoms with Crippen LogP contribution in [0.3, 0.4) is 0 Å². The predicted molar refractivity (Wildman–Crippen MR) is 62.1 cm³/mol. The highest BCUT2D eigenvalue weighted by molar-refractivity contribution is 5.81. The molecule has 2 aromatic rings. The maximum atomic E-state index is 4.25. The Morgan fingerprint density at radius 1 is 1.38 bits per heavy atom. The molecule has 0 radical (unpaired) electrons. The molecule has 2 heterocycles. The van der Waals surface area contributed by atoms with E-state index >= 15 is 0 Å². The number of aromatic amines is 1. The minimum absolute atomic E-state index is 0.442. The molecule has 1 aliphatic carbocycles. The van der Waals surface area contributed by atoms with Crippen LogP contribution in [0.4, 0.5) is 5.82 Å². The van der Waals surface area contributed by atoms with Gasteiger partial charge in [-0.05, 0) is 18.3 Å². The van der Waals surface area contributed by atoms with Crippen molar-refractivity contribution in [1.82, 2.24) is 19.9 Å². The summed E-state index contributed by atoms with van der Waals surface area (Å²) in [4.78, 5) is 15.5. The highest BCUT2D eigenvalue weighted by Crippen LogP contribution is 2.40. The van der Waals surface area contributed by atoms with E-state index in [4.69, 9.17) is 0 Å². The molecule has 0 bridgehead atoms. The monoisotopic (exact) mass is 217 g/mol. The van der Waals surface area contributed by atoms with Crippen LogP contribution >= 0.6 is 0 Å². The number of anilines is 1. The van der Waals surface area contributed by atoms with Crippen molar-refractivity contribution in [3.8, 4) is 0 Å². The predicted octanol–water partition coefficient (Wildman–Crippen LogP) is 1.95. The van der Waals surface area contributed by atoms with E-state index in [1.807, 2.05) is 0 Å². The van der Waals surface area contributed by atoms with Crippen LogP contribution in [-0.2, 0) is 0 Å². The number of H-pyrrole nitrogens is 1. The average molecular weight is 217 g/mol. The van der Waals surface area contributed by atoms with Gasteiger partial charge >= 0.3 is 0 Å². The molecule has 84 valence electrons. The van der Waals surface area contributed by atoms with E-state index in [-0.39, 0.29) is 0 Å². The van der Waals surface area contributed by atoms with Crippen LogP contribution in [0.1, 0.15) is 26.2 Å². The van der Waals surface area contributed by atoms with Gasteiger partial charge in [0.05, 0.1) is 6.33 Å². The molecule has 1 aliphatic rings. The first-order chi connectivity index (χ1) is 7.77. The number of rotatable bonds is 3.